The molecule has 0 bridgehead atoms. The maximum Gasteiger partial charge on any atom is 0.494 e. The molecule has 1 aliphatic rings. The first-order valence-corrected chi connectivity index (χ1v) is 15.7. The number of hydroxylamine groups is 1. The number of carbonyl (C=O) groups is 2. The van der Waals surface area contributed by atoms with Gasteiger partial charge in [0, 0.05) is 13.0 Å². The van der Waals surface area contributed by atoms with Crippen molar-refractivity contribution in [3.8, 4) is 11.1 Å². The second-order valence-electron chi connectivity index (χ2n) is 13.0. The lowest BCUT2D eigenvalue weighted by atomic mass is 9.79. The average Bonchev–Trinajstić information content (AvgIpc) is 3.22. The fourth-order valence-electron chi connectivity index (χ4n) is 5.25. The molecule has 234 valence electrons. The zero-order chi connectivity index (χ0) is 31.9. The van der Waals surface area contributed by atoms with Crippen molar-refractivity contribution < 1.29 is 23.7 Å². The van der Waals surface area contributed by atoms with Gasteiger partial charge in [-0.1, -0.05) is 106 Å². The van der Waals surface area contributed by atoms with Crippen molar-refractivity contribution in [2.75, 3.05) is 0 Å². The van der Waals surface area contributed by atoms with E-state index in [1.54, 1.807) is 4.90 Å². The van der Waals surface area contributed by atoms with Crippen LogP contribution in [-0.4, -0.2) is 41.1 Å². The minimum Gasteiger partial charge on any atom is -0.399 e. The first-order valence-electron chi connectivity index (χ1n) is 15.7. The lowest BCUT2D eigenvalue weighted by Gasteiger charge is -2.33. The molecule has 1 heterocycles. The first-order chi connectivity index (χ1) is 20.9. The Morgan fingerprint density at radius 1 is 0.841 bits per heavy atom. The number of hydrogen-bond donors (Lipinski definition) is 1. The number of nitrogens with zero attached hydrogens (tertiary/aromatic N) is 1. The van der Waals surface area contributed by atoms with E-state index in [4.69, 9.17) is 14.1 Å². The number of unbranched alkanes of at least 4 members (excludes halogenated alkanes) is 1. The van der Waals surface area contributed by atoms with E-state index in [9.17, 15) is 9.59 Å². The van der Waals surface area contributed by atoms with Gasteiger partial charge in [-0.3, -0.25) is 14.4 Å². The molecule has 44 heavy (non-hydrogen) atoms. The van der Waals surface area contributed by atoms with E-state index >= 15 is 0 Å². The monoisotopic (exact) mass is 598 g/mol. The molecule has 0 aliphatic carbocycles. The summed E-state index contributed by atoms with van der Waals surface area (Å²) in [6.45, 7) is 14.6. The molecule has 1 aliphatic heterocycles. The number of rotatable bonds is 13. The Bertz CT molecular complexity index is 1360. The predicted octanol–water partition coefficient (Wildman–Crippen LogP) is 6.44. The largest absolute Gasteiger partial charge is 0.494 e. The Hall–Kier alpha value is -3.46. The van der Waals surface area contributed by atoms with Crippen LogP contribution in [0.15, 0.2) is 78.9 Å². The van der Waals surface area contributed by atoms with Crippen LogP contribution in [0.1, 0.15) is 78.9 Å². The topological polar surface area (TPSA) is 77.1 Å². The fraction of sp³-hybridized carbons (Fsp3) is 0.444. The van der Waals surface area contributed by atoms with Crippen molar-refractivity contribution in [1.29, 1.82) is 0 Å². The summed E-state index contributed by atoms with van der Waals surface area (Å²) in [5.41, 5.74) is 6.83. The van der Waals surface area contributed by atoms with Gasteiger partial charge in [-0.2, -0.15) is 0 Å². The SMILES string of the molecule is CCCCC(=O)N(Cc1ccc(-c2ccccc2)cc1)[C@H](C(=O)NOCc1ccc(B2OC(C)(C)C(C)(C)O2)cc1)C(C)C. The quantitative estimate of drug-likeness (QED) is 0.181. The lowest BCUT2D eigenvalue weighted by Crippen LogP contribution is -2.51. The number of benzene rings is 3. The van der Waals surface area contributed by atoms with Crippen LogP contribution in [0.2, 0.25) is 0 Å². The molecular formula is C36H47BN2O5. The number of hydrogen-bond acceptors (Lipinski definition) is 5. The van der Waals surface area contributed by atoms with Gasteiger partial charge in [-0.05, 0) is 67.8 Å². The highest BCUT2D eigenvalue weighted by atomic mass is 16.7. The van der Waals surface area contributed by atoms with Gasteiger partial charge in [0.15, 0.2) is 0 Å². The summed E-state index contributed by atoms with van der Waals surface area (Å²) in [6, 6.07) is 25.5. The maximum atomic E-state index is 13.5. The number of nitrogens with one attached hydrogen (secondary N) is 1. The normalized spacial score (nSPS) is 16.1. The molecule has 0 saturated carbocycles. The lowest BCUT2D eigenvalue weighted by molar-refractivity contribution is -0.150. The van der Waals surface area contributed by atoms with Crippen molar-refractivity contribution in [1.82, 2.24) is 10.4 Å². The average molecular weight is 599 g/mol. The third kappa shape index (κ3) is 8.17. The third-order valence-electron chi connectivity index (χ3n) is 8.63. The van der Waals surface area contributed by atoms with Gasteiger partial charge >= 0.3 is 7.12 Å². The van der Waals surface area contributed by atoms with E-state index in [2.05, 4.69) is 36.7 Å². The van der Waals surface area contributed by atoms with Crippen LogP contribution in [-0.2, 0) is 36.9 Å². The number of amides is 2. The highest BCUT2D eigenvalue weighted by Crippen LogP contribution is 2.36. The van der Waals surface area contributed by atoms with Gasteiger partial charge in [0.05, 0.1) is 17.8 Å². The molecule has 0 radical (unpaired) electrons. The zero-order valence-electron chi connectivity index (χ0n) is 27.3. The molecule has 7 nitrogen and oxygen atoms in total. The Kier molecular flexibility index (Phi) is 11.1. The van der Waals surface area contributed by atoms with Gasteiger partial charge in [0.1, 0.15) is 6.04 Å². The van der Waals surface area contributed by atoms with Crippen LogP contribution in [0.4, 0.5) is 0 Å². The minimum atomic E-state index is -0.682. The molecule has 0 unspecified atom stereocenters. The molecular weight excluding hydrogens is 551 g/mol. The third-order valence-corrected chi connectivity index (χ3v) is 8.63. The molecule has 1 N–H and O–H groups in total. The van der Waals surface area contributed by atoms with E-state index in [0.29, 0.717) is 13.0 Å². The van der Waals surface area contributed by atoms with E-state index < -0.39 is 24.4 Å². The van der Waals surface area contributed by atoms with Crippen LogP contribution < -0.4 is 10.9 Å². The number of carbonyl (C=O) groups excluding carboxylic acids is 2. The molecule has 3 aromatic rings. The molecule has 0 spiro atoms. The van der Waals surface area contributed by atoms with Gasteiger partial charge in [-0.15, -0.1) is 0 Å². The predicted molar refractivity (Wildman–Crippen MR) is 176 cm³/mol. The van der Waals surface area contributed by atoms with Crippen LogP contribution >= 0.6 is 0 Å². The maximum absolute atomic E-state index is 13.5. The Balaban J connectivity index is 1.40. The second kappa shape index (κ2) is 14.6. The van der Waals surface area contributed by atoms with Crippen LogP contribution in [0.5, 0.6) is 0 Å². The Labute approximate surface area is 263 Å². The summed E-state index contributed by atoms with van der Waals surface area (Å²) in [6.07, 6.45) is 2.07. The van der Waals surface area contributed by atoms with Crippen molar-refractivity contribution >= 4 is 24.4 Å². The highest BCUT2D eigenvalue weighted by Gasteiger charge is 2.51. The van der Waals surface area contributed by atoms with Crippen LogP contribution in [0, 0.1) is 5.92 Å². The molecule has 0 aromatic heterocycles. The molecule has 8 heteroatoms. The zero-order valence-corrected chi connectivity index (χ0v) is 27.3. The summed E-state index contributed by atoms with van der Waals surface area (Å²) >= 11 is 0. The Morgan fingerprint density at radius 3 is 1.98 bits per heavy atom. The summed E-state index contributed by atoms with van der Waals surface area (Å²) in [4.78, 5) is 34.3. The van der Waals surface area contributed by atoms with Crippen LogP contribution in [0.3, 0.4) is 0 Å². The molecule has 1 fully saturated rings. The van der Waals surface area contributed by atoms with E-state index in [-0.39, 0.29) is 24.3 Å². The van der Waals surface area contributed by atoms with Gasteiger partial charge in [0.25, 0.3) is 5.91 Å². The van der Waals surface area contributed by atoms with Crippen molar-refractivity contribution in [2.45, 2.75) is 98.1 Å². The summed E-state index contributed by atoms with van der Waals surface area (Å²) < 4.78 is 12.3. The van der Waals surface area contributed by atoms with Crippen LogP contribution in [0.25, 0.3) is 11.1 Å². The van der Waals surface area contributed by atoms with Gasteiger partial charge in [0.2, 0.25) is 5.91 Å². The standard InChI is InChI=1S/C36H47BN2O5/c1-8-9-15-32(40)39(24-27-16-20-30(21-17-27)29-13-11-10-12-14-29)33(26(2)3)34(41)38-42-25-28-18-22-31(23-19-28)37-43-35(4,5)36(6,7)44-37/h10-14,16-23,26,33H,8-9,15,24-25H2,1-7H3,(H,38,41)/t33-/m0/s1. The van der Waals surface area contributed by atoms with Crippen molar-refractivity contribution in [2.24, 2.45) is 5.92 Å². The second-order valence-corrected chi connectivity index (χ2v) is 13.0. The highest BCUT2D eigenvalue weighted by molar-refractivity contribution is 6.62. The summed E-state index contributed by atoms with van der Waals surface area (Å²) in [7, 11) is -0.438. The molecule has 4 rings (SSSR count). The fourth-order valence-corrected chi connectivity index (χ4v) is 5.25. The summed E-state index contributed by atoms with van der Waals surface area (Å²) in [5, 5.41) is 0. The van der Waals surface area contributed by atoms with E-state index in [0.717, 1.165) is 40.6 Å². The summed E-state index contributed by atoms with van der Waals surface area (Å²) in [5.74, 6) is -0.488. The molecule has 1 atom stereocenters. The smallest absolute Gasteiger partial charge is 0.399 e. The van der Waals surface area contributed by atoms with Crippen molar-refractivity contribution in [3.05, 3.63) is 90.0 Å². The first kappa shape index (κ1) is 33.4. The Morgan fingerprint density at radius 2 is 1.41 bits per heavy atom. The van der Waals surface area contributed by atoms with Crippen molar-refractivity contribution in [3.63, 3.8) is 0 Å². The molecule has 3 aromatic carbocycles. The molecule has 2 amide bonds. The molecule has 1 saturated heterocycles. The minimum absolute atomic E-state index is 0.0360. The van der Waals surface area contributed by atoms with E-state index in [1.807, 2.05) is 96.1 Å². The van der Waals surface area contributed by atoms with E-state index in [1.165, 1.54) is 0 Å². The van der Waals surface area contributed by atoms with Gasteiger partial charge in [-0.25, -0.2) is 5.48 Å². The van der Waals surface area contributed by atoms with Gasteiger partial charge < -0.3 is 14.2 Å².